The molecule has 2 saturated carbocycles. The van der Waals surface area contributed by atoms with Crippen LogP contribution in [0.4, 0.5) is 0 Å². The highest BCUT2D eigenvalue weighted by Gasteiger charge is 2.74. The van der Waals surface area contributed by atoms with E-state index in [1.54, 1.807) is 13.3 Å². The lowest BCUT2D eigenvalue weighted by molar-refractivity contribution is -0.126. The predicted octanol–water partition coefficient (Wildman–Crippen LogP) is 6.20. The second kappa shape index (κ2) is 11.4. The summed E-state index contributed by atoms with van der Waals surface area (Å²) in [4.78, 5) is 37.4. The van der Waals surface area contributed by atoms with E-state index >= 15 is 0 Å². The summed E-state index contributed by atoms with van der Waals surface area (Å²) >= 11 is 0. The lowest BCUT2D eigenvalue weighted by Crippen LogP contribution is -2.41. The molecule has 8 nitrogen and oxygen atoms in total. The normalized spacial score (nSPS) is 22.4. The van der Waals surface area contributed by atoms with Crippen LogP contribution >= 0.6 is 0 Å². The Morgan fingerprint density at radius 2 is 1.95 bits per heavy atom. The standard InChI is InChI=1S/C34H44N4O4/c1-22-9-12-24-18-26(29(41-3)19-28(24)37-22)30-20-36-31(42-30)27(8-6-4-5-7-25(39)17-23-10-11-23)34(32(35)40)21-33(34)13-15-38(2)16-14-33/h9,12,18-20,23,27H,4-8,10-11,13-17,21H2,1-3H3,(H2,35,40)/t27-,34?/m1/s1. The number of aryl methyl sites for hydroxylation is 1. The molecule has 1 aromatic carbocycles. The van der Waals surface area contributed by atoms with Crippen molar-refractivity contribution in [3.05, 3.63) is 42.0 Å². The molecule has 1 spiro atoms. The van der Waals surface area contributed by atoms with Crippen LogP contribution in [0.25, 0.3) is 22.2 Å². The van der Waals surface area contributed by atoms with Gasteiger partial charge < -0.3 is 19.8 Å². The quantitative estimate of drug-likeness (QED) is 0.243. The summed E-state index contributed by atoms with van der Waals surface area (Å²) in [6.45, 7) is 3.89. The number of Topliss-reactive ketones (excluding diaryl/α,β-unsaturated/α-hetero) is 1. The molecule has 2 N–H and O–H groups in total. The molecule has 2 atom stereocenters. The molecule has 0 radical (unpaired) electrons. The molecular formula is C34H44N4O4. The number of primary amides is 1. The Hall–Kier alpha value is -3.26. The molecule has 1 amide bonds. The molecule has 3 aliphatic rings. The molecule has 3 fully saturated rings. The van der Waals surface area contributed by atoms with Gasteiger partial charge in [-0.15, -0.1) is 0 Å². The van der Waals surface area contributed by atoms with Crippen LogP contribution in [0.2, 0.25) is 0 Å². The fraction of sp³-hybridized carbons (Fsp3) is 0.588. The number of unbranched alkanes of at least 4 members (excludes halogenated alkanes) is 2. The van der Waals surface area contributed by atoms with Crippen LogP contribution < -0.4 is 10.5 Å². The Balaban J connectivity index is 1.27. The van der Waals surface area contributed by atoms with Crippen molar-refractivity contribution in [3.63, 3.8) is 0 Å². The van der Waals surface area contributed by atoms with Crippen LogP contribution in [0.3, 0.4) is 0 Å². The van der Waals surface area contributed by atoms with E-state index in [-0.39, 0.29) is 17.2 Å². The van der Waals surface area contributed by atoms with Crippen molar-refractivity contribution in [2.45, 2.75) is 83.5 Å². The molecule has 6 rings (SSSR count). The van der Waals surface area contributed by atoms with E-state index in [4.69, 9.17) is 19.9 Å². The number of carbonyl (C=O) groups excluding carboxylic acids is 2. The average molecular weight is 573 g/mol. The fourth-order valence-electron chi connectivity index (χ4n) is 7.53. The minimum Gasteiger partial charge on any atom is -0.496 e. The zero-order chi connectivity index (χ0) is 29.5. The number of ether oxygens (including phenoxy) is 1. The number of piperidine rings is 1. The maximum Gasteiger partial charge on any atom is 0.225 e. The molecule has 2 aliphatic carbocycles. The summed E-state index contributed by atoms with van der Waals surface area (Å²) in [6, 6.07) is 8.00. The molecule has 224 valence electrons. The number of hydrogen-bond donors (Lipinski definition) is 1. The zero-order valence-electron chi connectivity index (χ0n) is 25.3. The van der Waals surface area contributed by atoms with Gasteiger partial charge in [0.2, 0.25) is 5.91 Å². The Morgan fingerprint density at radius 1 is 1.17 bits per heavy atom. The largest absolute Gasteiger partial charge is 0.496 e. The third kappa shape index (κ3) is 5.46. The van der Waals surface area contributed by atoms with Gasteiger partial charge in [-0.1, -0.05) is 18.9 Å². The van der Waals surface area contributed by atoms with E-state index in [0.717, 1.165) is 86.6 Å². The van der Waals surface area contributed by atoms with E-state index in [0.29, 0.717) is 35.5 Å². The monoisotopic (exact) mass is 572 g/mol. The van der Waals surface area contributed by atoms with Crippen molar-refractivity contribution in [2.24, 2.45) is 22.5 Å². The number of rotatable bonds is 13. The number of fused-ring (bicyclic) bond motifs is 1. The van der Waals surface area contributed by atoms with E-state index in [2.05, 4.69) is 16.9 Å². The lowest BCUT2D eigenvalue weighted by atomic mass is 9.74. The van der Waals surface area contributed by atoms with Crippen molar-refractivity contribution in [1.29, 1.82) is 0 Å². The molecule has 1 saturated heterocycles. The minimum absolute atomic E-state index is 0.102. The van der Waals surface area contributed by atoms with Crippen LogP contribution in [0, 0.1) is 23.7 Å². The highest BCUT2D eigenvalue weighted by Crippen LogP contribution is 2.75. The first-order chi connectivity index (χ1) is 20.2. The summed E-state index contributed by atoms with van der Waals surface area (Å²) in [5.74, 6) is 2.44. The Bertz CT molecular complexity index is 1470. The molecule has 3 heterocycles. The van der Waals surface area contributed by atoms with Crippen LogP contribution in [-0.4, -0.2) is 53.8 Å². The molecular weight excluding hydrogens is 528 g/mol. The lowest BCUT2D eigenvalue weighted by Gasteiger charge is -2.35. The molecule has 2 aromatic heterocycles. The van der Waals surface area contributed by atoms with Gasteiger partial charge in [0.25, 0.3) is 0 Å². The van der Waals surface area contributed by atoms with Gasteiger partial charge in [0.1, 0.15) is 11.5 Å². The van der Waals surface area contributed by atoms with E-state index in [1.807, 2.05) is 31.2 Å². The average Bonchev–Trinajstić information content (AvgIpc) is 3.85. The molecule has 1 aliphatic heterocycles. The van der Waals surface area contributed by atoms with E-state index in [1.165, 1.54) is 12.8 Å². The number of carbonyl (C=O) groups is 2. The van der Waals surface area contributed by atoms with Crippen molar-refractivity contribution < 1.29 is 18.7 Å². The first kappa shape index (κ1) is 28.8. The van der Waals surface area contributed by atoms with Crippen molar-refractivity contribution in [3.8, 4) is 17.1 Å². The predicted molar refractivity (Wildman–Crippen MR) is 162 cm³/mol. The van der Waals surface area contributed by atoms with Crippen molar-refractivity contribution >= 4 is 22.6 Å². The Kier molecular flexibility index (Phi) is 7.85. The number of oxazole rings is 1. The van der Waals surface area contributed by atoms with Gasteiger partial charge in [0, 0.05) is 30.0 Å². The summed E-state index contributed by atoms with van der Waals surface area (Å²) < 4.78 is 12.3. The van der Waals surface area contributed by atoms with Crippen LogP contribution in [-0.2, 0) is 9.59 Å². The topological polar surface area (TPSA) is 112 Å². The highest BCUT2D eigenvalue weighted by molar-refractivity contribution is 5.88. The Labute approximate surface area is 248 Å². The zero-order valence-corrected chi connectivity index (χ0v) is 25.3. The third-order valence-corrected chi connectivity index (χ3v) is 10.3. The second-order valence-electron chi connectivity index (χ2n) is 13.2. The number of ketones is 1. The van der Waals surface area contributed by atoms with Gasteiger partial charge in [-0.2, -0.15) is 0 Å². The van der Waals surface area contributed by atoms with Crippen molar-refractivity contribution in [2.75, 3.05) is 27.2 Å². The van der Waals surface area contributed by atoms with Crippen LogP contribution in [0.15, 0.2) is 34.9 Å². The fourth-order valence-corrected chi connectivity index (χ4v) is 7.53. The SMILES string of the molecule is COc1cc2nc(C)ccc2cc1-c1cnc([C@@H](CCCCCC(=O)CC2CC2)C2(C(N)=O)CC23CCN(C)CC3)o1. The van der Waals surface area contributed by atoms with Gasteiger partial charge in [-0.3, -0.25) is 14.6 Å². The third-order valence-electron chi connectivity index (χ3n) is 10.3. The van der Waals surface area contributed by atoms with Crippen LogP contribution in [0.5, 0.6) is 5.75 Å². The molecule has 1 unspecified atom stereocenters. The first-order valence-electron chi connectivity index (χ1n) is 15.7. The van der Waals surface area contributed by atoms with Crippen molar-refractivity contribution in [1.82, 2.24) is 14.9 Å². The minimum atomic E-state index is -0.660. The number of hydrogen-bond acceptors (Lipinski definition) is 7. The maximum atomic E-state index is 13.4. The van der Waals surface area contributed by atoms with Gasteiger partial charge >= 0.3 is 0 Å². The smallest absolute Gasteiger partial charge is 0.225 e. The van der Waals surface area contributed by atoms with Gasteiger partial charge in [0.15, 0.2) is 11.7 Å². The van der Waals surface area contributed by atoms with Gasteiger partial charge in [-0.05, 0) is 95.5 Å². The summed E-state index contributed by atoms with van der Waals surface area (Å²) in [5, 5.41) is 0.989. The number of likely N-dealkylation sites (tertiary alicyclic amines) is 1. The number of amides is 1. The number of pyridine rings is 1. The summed E-state index contributed by atoms with van der Waals surface area (Å²) in [6.07, 6.45) is 11.7. The summed E-state index contributed by atoms with van der Waals surface area (Å²) in [7, 11) is 3.78. The van der Waals surface area contributed by atoms with E-state index in [9.17, 15) is 9.59 Å². The molecule has 0 bridgehead atoms. The highest BCUT2D eigenvalue weighted by atomic mass is 16.5. The number of methoxy groups -OCH3 is 1. The number of nitrogens with zero attached hydrogens (tertiary/aromatic N) is 3. The molecule has 42 heavy (non-hydrogen) atoms. The Morgan fingerprint density at radius 3 is 2.67 bits per heavy atom. The second-order valence-corrected chi connectivity index (χ2v) is 13.2. The van der Waals surface area contributed by atoms with E-state index < -0.39 is 5.41 Å². The first-order valence-corrected chi connectivity index (χ1v) is 15.7. The number of benzene rings is 1. The molecule has 3 aromatic rings. The molecule has 8 heteroatoms. The summed E-state index contributed by atoms with van der Waals surface area (Å²) in [5.41, 5.74) is 8.12. The number of aromatic nitrogens is 2. The van der Waals surface area contributed by atoms with Crippen LogP contribution in [0.1, 0.15) is 88.1 Å². The number of nitrogens with two attached hydrogens (primary N) is 1. The van der Waals surface area contributed by atoms with Gasteiger partial charge in [-0.25, -0.2) is 4.98 Å². The van der Waals surface area contributed by atoms with Gasteiger partial charge in [0.05, 0.1) is 35.7 Å². The maximum absolute atomic E-state index is 13.4.